The number of rotatable bonds is 3. The van der Waals surface area contributed by atoms with Crippen LogP contribution in [0.3, 0.4) is 0 Å². The van der Waals surface area contributed by atoms with Crippen LogP contribution < -0.4 is 11.5 Å². The van der Waals surface area contributed by atoms with Crippen LogP contribution in [0.25, 0.3) is 0 Å². The zero-order valence-corrected chi connectivity index (χ0v) is 7.73. The number of hydrogen-bond donors (Lipinski definition) is 2. The van der Waals surface area contributed by atoms with Crippen molar-refractivity contribution in [2.75, 3.05) is 0 Å². The number of Topliss-reactive ketones (excluding diaryl/α,β-unsaturated/α-hetero) is 1. The molecule has 1 aromatic heterocycles. The Labute approximate surface area is 81.1 Å². The second-order valence-electron chi connectivity index (χ2n) is 3.13. The van der Waals surface area contributed by atoms with Crippen molar-refractivity contribution < 1.29 is 9.59 Å². The Hall–Kier alpha value is -1.75. The van der Waals surface area contributed by atoms with Crippen LogP contribution in [0.15, 0.2) is 24.5 Å². The summed E-state index contributed by atoms with van der Waals surface area (Å²) in [6.45, 7) is 1.29. The molecule has 0 saturated carbocycles. The van der Waals surface area contributed by atoms with Gasteiger partial charge in [0, 0.05) is 18.0 Å². The van der Waals surface area contributed by atoms with Crippen molar-refractivity contribution in [3.63, 3.8) is 0 Å². The topological polar surface area (TPSA) is 99.1 Å². The summed E-state index contributed by atoms with van der Waals surface area (Å²) in [7, 11) is 0. The zero-order chi connectivity index (χ0) is 10.8. The molecule has 0 aliphatic heterocycles. The van der Waals surface area contributed by atoms with Crippen LogP contribution in [0, 0.1) is 0 Å². The Balaban J connectivity index is 3.03. The smallest absolute Gasteiger partial charge is 0.245 e. The predicted octanol–water partition coefficient (Wildman–Crippen LogP) is -0.533. The highest BCUT2D eigenvalue weighted by molar-refractivity contribution is 6.16. The summed E-state index contributed by atoms with van der Waals surface area (Å²) >= 11 is 0. The SMILES string of the molecule is C[C@](N)(C(N)=O)C(=O)c1ccncc1. The average molecular weight is 193 g/mol. The van der Waals surface area contributed by atoms with E-state index in [2.05, 4.69) is 4.98 Å². The van der Waals surface area contributed by atoms with Crippen molar-refractivity contribution in [1.82, 2.24) is 4.98 Å². The maximum atomic E-state index is 11.7. The predicted molar refractivity (Wildman–Crippen MR) is 50.4 cm³/mol. The third-order valence-corrected chi connectivity index (χ3v) is 1.93. The van der Waals surface area contributed by atoms with E-state index in [4.69, 9.17) is 11.5 Å². The van der Waals surface area contributed by atoms with Gasteiger partial charge >= 0.3 is 0 Å². The molecule has 4 N–H and O–H groups in total. The van der Waals surface area contributed by atoms with Gasteiger partial charge in [-0.2, -0.15) is 0 Å². The van der Waals surface area contributed by atoms with Crippen LogP contribution in [0.4, 0.5) is 0 Å². The number of ketones is 1. The minimum absolute atomic E-state index is 0.323. The highest BCUT2D eigenvalue weighted by Crippen LogP contribution is 2.09. The first kappa shape index (κ1) is 10.3. The van der Waals surface area contributed by atoms with Crippen LogP contribution in [0.5, 0.6) is 0 Å². The third kappa shape index (κ3) is 1.77. The van der Waals surface area contributed by atoms with E-state index in [1.54, 1.807) is 0 Å². The molecule has 0 aliphatic carbocycles. The summed E-state index contributed by atoms with van der Waals surface area (Å²) in [5, 5.41) is 0. The van der Waals surface area contributed by atoms with Gasteiger partial charge in [-0.05, 0) is 19.1 Å². The van der Waals surface area contributed by atoms with E-state index in [0.29, 0.717) is 5.56 Å². The summed E-state index contributed by atoms with van der Waals surface area (Å²) < 4.78 is 0. The van der Waals surface area contributed by atoms with Gasteiger partial charge in [0.15, 0.2) is 11.3 Å². The van der Waals surface area contributed by atoms with Crippen LogP contribution >= 0.6 is 0 Å². The summed E-state index contributed by atoms with van der Waals surface area (Å²) in [4.78, 5) is 26.3. The van der Waals surface area contributed by atoms with Crippen molar-refractivity contribution in [2.24, 2.45) is 11.5 Å². The van der Waals surface area contributed by atoms with E-state index in [9.17, 15) is 9.59 Å². The van der Waals surface area contributed by atoms with Crippen molar-refractivity contribution in [2.45, 2.75) is 12.5 Å². The number of amides is 1. The molecule has 1 amide bonds. The van der Waals surface area contributed by atoms with E-state index < -0.39 is 17.2 Å². The van der Waals surface area contributed by atoms with Gasteiger partial charge in [-0.15, -0.1) is 0 Å². The third-order valence-electron chi connectivity index (χ3n) is 1.93. The lowest BCUT2D eigenvalue weighted by atomic mass is 9.92. The first-order valence-corrected chi connectivity index (χ1v) is 4.00. The number of aromatic nitrogens is 1. The number of hydrogen-bond acceptors (Lipinski definition) is 4. The van der Waals surface area contributed by atoms with Gasteiger partial charge in [0.2, 0.25) is 5.91 Å². The second kappa shape index (κ2) is 3.55. The molecule has 5 heteroatoms. The molecule has 74 valence electrons. The molecule has 0 bridgehead atoms. The summed E-state index contributed by atoms with van der Waals surface area (Å²) in [6.07, 6.45) is 2.90. The Morgan fingerprint density at radius 3 is 2.29 bits per heavy atom. The van der Waals surface area contributed by atoms with Crippen LogP contribution in [-0.2, 0) is 4.79 Å². The Bertz CT molecular complexity index is 360. The minimum Gasteiger partial charge on any atom is -0.368 e. The number of pyridine rings is 1. The van der Waals surface area contributed by atoms with Crippen LogP contribution in [-0.4, -0.2) is 22.2 Å². The van der Waals surface area contributed by atoms with Gasteiger partial charge in [0.1, 0.15) is 0 Å². The summed E-state index contributed by atoms with van der Waals surface area (Å²) in [5.41, 5.74) is 9.16. The number of nitrogens with two attached hydrogens (primary N) is 2. The lowest BCUT2D eigenvalue weighted by Gasteiger charge is -2.18. The summed E-state index contributed by atoms with van der Waals surface area (Å²) in [6, 6.07) is 2.97. The average Bonchev–Trinajstić information content (AvgIpc) is 2.17. The fraction of sp³-hybridized carbons (Fsp3) is 0.222. The first-order chi connectivity index (χ1) is 6.46. The minimum atomic E-state index is -1.67. The maximum absolute atomic E-state index is 11.7. The Morgan fingerprint density at radius 1 is 1.36 bits per heavy atom. The molecule has 1 atom stereocenters. The quantitative estimate of drug-likeness (QED) is 0.497. The Kier molecular flexibility index (Phi) is 2.62. The molecule has 1 rings (SSSR count). The molecular formula is C9H11N3O2. The largest absolute Gasteiger partial charge is 0.368 e. The zero-order valence-electron chi connectivity index (χ0n) is 7.73. The molecule has 0 radical (unpaired) electrons. The molecule has 5 nitrogen and oxygen atoms in total. The van der Waals surface area contributed by atoms with Crippen molar-refractivity contribution >= 4 is 11.7 Å². The molecule has 0 spiro atoms. The number of nitrogens with zero attached hydrogens (tertiary/aromatic N) is 1. The van der Waals surface area contributed by atoms with Gasteiger partial charge in [0.05, 0.1) is 0 Å². The molecule has 14 heavy (non-hydrogen) atoms. The van der Waals surface area contributed by atoms with Crippen molar-refractivity contribution in [1.29, 1.82) is 0 Å². The standard InChI is InChI=1S/C9H11N3O2/c1-9(11,8(10)14)7(13)6-2-4-12-5-3-6/h2-5H,11H2,1H3,(H2,10,14)/t9-/m1/s1. The summed E-state index contributed by atoms with van der Waals surface area (Å²) in [5.74, 6) is -1.35. The molecule has 0 unspecified atom stereocenters. The lowest BCUT2D eigenvalue weighted by molar-refractivity contribution is -0.121. The molecule has 0 aromatic carbocycles. The van der Waals surface area contributed by atoms with Gasteiger partial charge < -0.3 is 11.5 Å². The number of carbonyl (C=O) groups is 2. The van der Waals surface area contributed by atoms with Crippen molar-refractivity contribution in [3.8, 4) is 0 Å². The van der Waals surface area contributed by atoms with Crippen LogP contribution in [0.2, 0.25) is 0 Å². The molecular weight excluding hydrogens is 182 g/mol. The monoisotopic (exact) mass is 193 g/mol. The van der Waals surface area contributed by atoms with Gasteiger partial charge in [-0.3, -0.25) is 14.6 Å². The number of primary amides is 1. The van der Waals surface area contributed by atoms with Gasteiger partial charge in [-0.25, -0.2) is 0 Å². The highest BCUT2D eigenvalue weighted by Gasteiger charge is 2.35. The maximum Gasteiger partial charge on any atom is 0.245 e. The fourth-order valence-corrected chi connectivity index (χ4v) is 0.915. The first-order valence-electron chi connectivity index (χ1n) is 4.00. The lowest BCUT2D eigenvalue weighted by Crippen LogP contribution is -2.55. The highest BCUT2D eigenvalue weighted by atomic mass is 16.2. The molecule has 0 aliphatic rings. The molecule has 0 fully saturated rings. The van der Waals surface area contributed by atoms with E-state index in [-0.39, 0.29) is 0 Å². The van der Waals surface area contributed by atoms with E-state index in [0.717, 1.165) is 0 Å². The van der Waals surface area contributed by atoms with Crippen molar-refractivity contribution in [3.05, 3.63) is 30.1 Å². The normalized spacial score (nSPS) is 14.4. The molecule has 1 heterocycles. The van der Waals surface area contributed by atoms with E-state index >= 15 is 0 Å². The number of carbonyl (C=O) groups excluding carboxylic acids is 2. The fourth-order valence-electron chi connectivity index (χ4n) is 0.915. The van der Waals surface area contributed by atoms with Gasteiger partial charge in [0.25, 0.3) is 0 Å². The molecule has 0 saturated heterocycles. The van der Waals surface area contributed by atoms with Crippen LogP contribution in [0.1, 0.15) is 17.3 Å². The molecule has 1 aromatic rings. The van der Waals surface area contributed by atoms with Gasteiger partial charge in [-0.1, -0.05) is 0 Å². The van der Waals surface area contributed by atoms with E-state index in [1.165, 1.54) is 31.5 Å². The Morgan fingerprint density at radius 2 is 1.86 bits per heavy atom. The second-order valence-corrected chi connectivity index (χ2v) is 3.13. The van der Waals surface area contributed by atoms with E-state index in [1.807, 2.05) is 0 Å².